The van der Waals surface area contributed by atoms with Gasteiger partial charge >= 0.3 is 0 Å². The van der Waals surface area contributed by atoms with Gasteiger partial charge in [-0.25, -0.2) is 5.01 Å². The molecule has 7 nitrogen and oxygen atoms in total. The van der Waals surface area contributed by atoms with Crippen LogP contribution in [-0.2, 0) is 14.4 Å². The number of fused-ring (bicyclic) bond motifs is 3. The van der Waals surface area contributed by atoms with Crippen LogP contribution in [0.2, 0.25) is 5.02 Å². The van der Waals surface area contributed by atoms with Crippen LogP contribution in [0.15, 0.2) is 65.3 Å². The van der Waals surface area contributed by atoms with Crippen LogP contribution in [0.1, 0.15) is 24.0 Å². The Bertz CT molecular complexity index is 1220. The quantitative estimate of drug-likeness (QED) is 0.714. The summed E-state index contributed by atoms with van der Waals surface area (Å²) in [6.45, 7) is 1.38. The van der Waals surface area contributed by atoms with Crippen LogP contribution >= 0.6 is 11.6 Å². The lowest BCUT2D eigenvalue weighted by Crippen LogP contribution is -2.47. The van der Waals surface area contributed by atoms with Gasteiger partial charge in [-0.1, -0.05) is 41.9 Å². The van der Waals surface area contributed by atoms with Crippen molar-refractivity contribution in [3.05, 3.63) is 76.3 Å². The number of carbonyl (C=O) groups is 3. The van der Waals surface area contributed by atoms with E-state index in [4.69, 9.17) is 11.6 Å². The summed E-state index contributed by atoms with van der Waals surface area (Å²) in [5, 5.41) is 16.8. The minimum atomic E-state index is -0.774. The molecule has 1 aliphatic carbocycles. The second-order valence-electron chi connectivity index (χ2n) is 8.26. The minimum Gasteiger partial charge on any atom is -0.507 e. The van der Waals surface area contributed by atoms with Crippen molar-refractivity contribution in [2.24, 2.45) is 16.9 Å². The number of halogens is 1. The van der Waals surface area contributed by atoms with Crippen molar-refractivity contribution < 1.29 is 19.5 Å². The van der Waals surface area contributed by atoms with Gasteiger partial charge in [0.1, 0.15) is 5.75 Å². The average molecular weight is 450 g/mol. The first kappa shape index (κ1) is 20.5. The Balaban J connectivity index is 1.74. The predicted octanol–water partition coefficient (Wildman–Crippen LogP) is 2.94. The molecule has 2 aliphatic heterocycles. The maximum absolute atomic E-state index is 13.2. The number of phenols is 1. The minimum absolute atomic E-state index is 0.0208. The third kappa shape index (κ3) is 2.88. The van der Waals surface area contributed by atoms with Gasteiger partial charge in [0, 0.05) is 36.0 Å². The summed E-state index contributed by atoms with van der Waals surface area (Å²) < 4.78 is 0. The highest BCUT2D eigenvalue weighted by molar-refractivity contribution is 6.30. The number of phenolic OH excluding ortho intramolecular Hbond substituents is 1. The first-order valence-corrected chi connectivity index (χ1v) is 10.6. The Morgan fingerprint density at radius 3 is 2.34 bits per heavy atom. The van der Waals surface area contributed by atoms with E-state index in [0.717, 1.165) is 10.5 Å². The standard InChI is InChI=1S/C24H20ClN3O4/c1-12(29)28-22-17(21(26-28)15-5-3-4-6-18(15)30)11-16(13-7-9-14(25)10-8-13)19-20(22)24(32)27(2)23(19)31/h3-11,16,19-20,22,30H,1-2H3/t16-,19+,20+,22-/m1/s1. The summed E-state index contributed by atoms with van der Waals surface area (Å²) in [6, 6.07) is 13.2. The molecule has 2 aromatic carbocycles. The van der Waals surface area contributed by atoms with Crippen molar-refractivity contribution in [1.29, 1.82) is 0 Å². The predicted molar refractivity (Wildman–Crippen MR) is 118 cm³/mol. The number of hydrogen-bond donors (Lipinski definition) is 1. The van der Waals surface area contributed by atoms with Gasteiger partial charge in [0.2, 0.25) is 17.7 Å². The smallest absolute Gasteiger partial charge is 0.240 e. The van der Waals surface area contributed by atoms with Crippen LogP contribution in [0.4, 0.5) is 0 Å². The van der Waals surface area contributed by atoms with Crippen molar-refractivity contribution in [3.8, 4) is 5.75 Å². The zero-order valence-electron chi connectivity index (χ0n) is 17.4. The number of carbonyl (C=O) groups excluding carboxylic acids is 3. The third-order valence-corrected chi connectivity index (χ3v) is 6.76. The number of allylic oxidation sites excluding steroid dienone is 1. The summed E-state index contributed by atoms with van der Waals surface area (Å²) in [7, 11) is 1.47. The Hall–Kier alpha value is -3.45. The highest BCUT2D eigenvalue weighted by Crippen LogP contribution is 2.50. The van der Waals surface area contributed by atoms with Gasteiger partial charge in [0.15, 0.2) is 0 Å². The number of nitrogens with zero attached hydrogens (tertiary/aromatic N) is 3. The van der Waals surface area contributed by atoms with Crippen molar-refractivity contribution in [3.63, 3.8) is 0 Å². The van der Waals surface area contributed by atoms with E-state index >= 15 is 0 Å². The Kier molecular flexibility index (Phi) is 4.67. The van der Waals surface area contributed by atoms with Crippen LogP contribution in [0.25, 0.3) is 0 Å². The molecule has 0 radical (unpaired) electrons. The Labute approximate surface area is 189 Å². The molecule has 32 heavy (non-hydrogen) atoms. The Morgan fingerprint density at radius 1 is 1.03 bits per heavy atom. The number of likely N-dealkylation sites (tertiary alicyclic amines) is 1. The molecule has 3 amide bonds. The van der Waals surface area contributed by atoms with Crippen LogP contribution in [0, 0.1) is 11.8 Å². The van der Waals surface area contributed by atoms with Gasteiger partial charge in [0.05, 0.1) is 23.6 Å². The van der Waals surface area contributed by atoms with Gasteiger partial charge in [0.25, 0.3) is 0 Å². The van der Waals surface area contributed by atoms with E-state index in [1.165, 1.54) is 19.0 Å². The molecule has 1 saturated heterocycles. The van der Waals surface area contributed by atoms with Gasteiger partial charge in [-0.3, -0.25) is 19.3 Å². The molecule has 0 unspecified atom stereocenters. The molecule has 0 aromatic heterocycles. The Morgan fingerprint density at radius 2 is 1.69 bits per heavy atom. The first-order chi connectivity index (χ1) is 15.3. The number of hydrazone groups is 1. The van der Waals surface area contributed by atoms with E-state index in [1.807, 2.05) is 18.2 Å². The van der Waals surface area contributed by atoms with Crippen LogP contribution in [0.5, 0.6) is 5.75 Å². The molecule has 2 heterocycles. The maximum Gasteiger partial charge on any atom is 0.240 e. The van der Waals surface area contributed by atoms with Crippen LogP contribution in [-0.4, -0.2) is 51.5 Å². The fraction of sp³-hybridized carbons (Fsp3) is 0.250. The summed E-state index contributed by atoms with van der Waals surface area (Å²) in [5.41, 5.74) is 2.38. The molecular formula is C24H20ClN3O4. The number of hydrogen-bond acceptors (Lipinski definition) is 5. The number of amides is 3. The topological polar surface area (TPSA) is 90.3 Å². The highest BCUT2D eigenvalue weighted by atomic mass is 35.5. The first-order valence-electron chi connectivity index (χ1n) is 10.3. The monoisotopic (exact) mass is 449 g/mol. The second-order valence-corrected chi connectivity index (χ2v) is 8.70. The van der Waals surface area contributed by atoms with E-state index in [0.29, 0.717) is 21.9 Å². The molecule has 1 fully saturated rings. The van der Waals surface area contributed by atoms with Crippen molar-refractivity contribution in [1.82, 2.24) is 9.91 Å². The SMILES string of the molecule is CC(=O)N1N=C(c2ccccc2O)C2=C[C@H](c3ccc(Cl)cc3)[C@@H]3C(=O)N(C)C(=O)[C@@H]3[C@@H]21. The molecule has 1 N–H and O–H groups in total. The lowest BCUT2D eigenvalue weighted by Gasteiger charge is -2.36. The van der Waals surface area contributed by atoms with E-state index in [1.54, 1.807) is 36.4 Å². The fourth-order valence-corrected chi connectivity index (χ4v) is 5.16. The number of rotatable bonds is 2. The third-order valence-electron chi connectivity index (χ3n) is 6.50. The van der Waals surface area contributed by atoms with Crippen LogP contribution < -0.4 is 0 Å². The number of aromatic hydroxyl groups is 1. The maximum atomic E-state index is 13.2. The van der Waals surface area contributed by atoms with Crippen LogP contribution in [0.3, 0.4) is 0 Å². The molecule has 8 heteroatoms. The lowest BCUT2D eigenvalue weighted by atomic mass is 9.68. The molecule has 162 valence electrons. The zero-order valence-corrected chi connectivity index (χ0v) is 18.2. The fourth-order valence-electron chi connectivity index (χ4n) is 5.03. The van der Waals surface area contributed by atoms with Crippen molar-refractivity contribution >= 4 is 35.0 Å². The zero-order chi connectivity index (χ0) is 22.7. The summed E-state index contributed by atoms with van der Waals surface area (Å²) in [6.07, 6.45) is 1.91. The van der Waals surface area contributed by atoms with Gasteiger partial charge < -0.3 is 5.11 Å². The largest absolute Gasteiger partial charge is 0.507 e. The lowest BCUT2D eigenvalue weighted by molar-refractivity contribution is -0.138. The molecule has 0 saturated carbocycles. The molecule has 0 spiro atoms. The second kappa shape index (κ2) is 7.31. The molecule has 3 aliphatic rings. The van der Waals surface area contributed by atoms with Gasteiger partial charge in [-0.05, 0) is 29.8 Å². The molecule has 5 rings (SSSR count). The van der Waals surface area contributed by atoms with Crippen molar-refractivity contribution in [2.75, 3.05) is 7.05 Å². The normalized spacial score (nSPS) is 26.6. The number of benzene rings is 2. The summed E-state index contributed by atoms with van der Waals surface area (Å²) in [5.74, 6) is -2.79. The van der Waals surface area contributed by atoms with Gasteiger partial charge in [-0.2, -0.15) is 5.10 Å². The van der Waals surface area contributed by atoms with Gasteiger partial charge in [-0.15, -0.1) is 0 Å². The van der Waals surface area contributed by atoms with E-state index in [2.05, 4.69) is 5.10 Å². The average Bonchev–Trinajstić information content (AvgIpc) is 3.26. The molecule has 2 aromatic rings. The molecular weight excluding hydrogens is 430 g/mol. The van der Waals surface area contributed by atoms with E-state index < -0.39 is 23.8 Å². The number of para-hydroxylation sites is 1. The molecule has 0 bridgehead atoms. The molecule has 4 atom stereocenters. The van der Waals surface area contributed by atoms with E-state index in [-0.39, 0.29) is 23.5 Å². The summed E-state index contributed by atoms with van der Waals surface area (Å²) in [4.78, 5) is 40.0. The summed E-state index contributed by atoms with van der Waals surface area (Å²) >= 11 is 6.06. The highest BCUT2D eigenvalue weighted by Gasteiger charge is 2.59. The number of imide groups is 1. The van der Waals surface area contributed by atoms with E-state index in [9.17, 15) is 19.5 Å². The van der Waals surface area contributed by atoms with Crippen molar-refractivity contribution in [2.45, 2.75) is 18.9 Å².